The maximum absolute atomic E-state index is 11.3. The molecule has 80 valence electrons. The lowest BCUT2D eigenvalue weighted by atomic mass is 10.1. The average molecular weight is 228 g/mol. The van der Waals surface area contributed by atoms with E-state index in [0.29, 0.717) is 5.56 Å². The van der Waals surface area contributed by atoms with Crippen LogP contribution < -0.4 is 0 Å². The number of hydrogen-bond acceptors (Lipinski definition) is 4. The first-order chi connectivity index (χ1) is 6.97. The first kappa shape index (κ1) is 11.7. The highest BCUT2D eigenvalue weighted by molar-refractivity contribution is 6.30. The van der Waals surface area contributed by atoms with Crippen LogP contribution in [0.3, 0.4) is 0 Å². The molecule has 5 heteroatoms. The standard InChI is InChI=1S/C10H10ClNO3/c1-5-4-7(10(14)15-3)8(6(2)13)12-9(5)11/h4H,1-3H3. The van der Waals surface area contributed by atoms with Gasteiger partial charge in [-0.2, -0.15) is 0 Å². The fourth-order valence-electron chi connectivity index (χ4n) is 1.12. The number of Topliss-reactive ketones (excluding diaryl/α,β-unsaturated/α-hetero) is 1. The summed E-state index contributed by atoms with van der Waals surface area (Å²) in [6, 6.07) is 1.50. The highest BCUT2D eigenvalue weighted by Crippen LogP contribution is 2.18. The zero-order chi connectivity index (χ0) is 11.6. The number of aryl methyl sites for hydroxylation is 1. The maximum atomic E-state index is 11.3. The van der Waals surface area contributed by atoms with E-state index in [0.717, 1.165) is 0 Å². The quantitative estimate of drug-likeness (QED) is 0.441. The maximum Gasteiger partial charge on any atom is 0.340 e. The number of pyridine rings is 1. The van der Waals surface area contributed by atoms with E-state index in [1.807, 2.05) is 0 Å². The summed E-state index contributed by atoms with van der Waals surface area (Å²) in [5, 5.41) is 0.216. The average Bonchev–Trinajstić information content (AvgIpc) is 2.20. The molecule has 0 aromatic carbocycles. The summed E-state index contributed by atoms with van der Waals surface area (Å²) in [6.45, 7) is 3.02. The molecule has 15 heavy (non-hydrogen) atoms. The fourth-order valence-corrected chi connectivity index (χ4v) is 1.26. The van der Waals surface area contributed by atoms with Gasteiger partial charge in [-0.1, -0.05) is 11.6 Å². The third kappa shape index (κ3) is 2.33. The Morgan fingerprint density at radius 1 is 1.47 bits per heavy atom. The van der Waals surface area contributed by atoms with Crippen LogP contribution in [0.15, 0.2) is 6.07 Å². The molecule has 0 saturated heterocycles. The first-order valence-electron chi connectivity index (χ1n) is 4.23. The van der Waals surface area contributed by atoms with Gasteiger partial charge in [0.1, 0.15) is 10.8 Å². The normalized spacial score (nSPS) is 9.87. The van der Waals surface area contributed by atoms with E-state index in [1.165, 1.54) is 20.1 Å². The molecule has 0 spiro atoms. The molecule has 1 heterocycles. The van der Waals surface area contributed by atoms with Crippen LogP contribution >= 0.6 is 11.6 Å². The van der Waals surface area contributed by atoms with Gasteiger partial charge in [-0.05, 0) is 18.6 Å². The third-order valence-corrected chi connectivity index (χ3v) is 2.27. The minimum Gasteiger partial charge on any atom is -0.465 e. The second-order valence-electron chi connectivity index (χ2n) is 3.04. The molecule has 0 aliphatic rings. The van der Waals surface area contributed by atoms with E-state index in [9.17, 15) is 9.59 Å². The lowest BCUT2D eigenvalue weighted by molar-refractivity contribution is 0.0596. The number of carbonyl (C=O) groups is 2. The summed E-state index contributed by atoms with van der Waals surface area (Å²) in [5.74, 6) is -0.912. The number of ether oxygens (including phenoxy) is 1. The van der Waals surface area contributed by atoms with Crippen molar-refractivity contribution in [3.8, 4) is 0 Å². The van der Waals surface area contributed by atoms with Gasteiger partial charge in [0.05, 0.1) is 12.7 Å². The Kier molecular flexibility index (Phi) is 3.42. The molecule has 0 saturated carbocycles. The summed E-state index contributed by atoms with van der Waals surface area (Å²) in [4.78, 5) is 26.4. The summed E-state index contributed by atoms with van der Waals surface area (Å²) in [7, 11) is 1.25. The van der Waals surface area contributed by atoms with Crippen molar-refractivity contribution in [2.75, 3.05) is 7.11 Å². The van der Waals surface area contributed by atoms with E-state index in [2.05, 4.69) is 9.72 Å². The van der Waals surface area contributed by atoms with Crippen LogP contribution in [0.2, 0.25) is 5.15 Å². The van der Waals surface area contributed by atoms with Gasteiger partial charge in [-0.15, -0.1) is 0 Å². The molecule has 4 nitrogen and oxygen atoms in total. The molecular weight excluding hydrogens is 218 g/mol. The van der Waals surface area contributed by atoms with Crippen LogP contribution in [-0.4, -0.2) is 23.8 Å². The number of esters is 1. The zero-order valence-electron chi connectivity index (χ0n) is 8.63. The second kappa shape index (κ2) is 4.40. The summed E-state index contributed by atoms with van der Waals surface area (Å²) >= 11 is 5.76. The van der Waals surface area contributed by atoms with Crippen molar-refractivity contribution in [3.63, 3.8) is 0 Å². The molecule has 0 atom stereocenters. The Labute approximate surface area is 92.2 Å². The van der Waals surface area contributed by atoms with E-state index >= 15 is 0 Å². The lowest BCUT2D eigenvalue weighted by Gasteiger charge is -2.06. The molecule has 0 aliphatic heterocycles. The van der Waals surface area contributed by atoms with Crippen molar-refractivity contribution in [2.45, 2.75) is 13.8 Å². The minimum absolute atomic E-state index is 0.0393. The SMILES string of the molecule is COC(=O)c1cc(C)c(Cl)nc1C(C)=O. The predicted octanol–water partition coefficient (Wildman–Crippen LogP) is 2.03. The van der Waals surface area contributed by atoms with E-state index in [-0.39, 0.29) is 22.2 Å². The summed E-state index contributed by atoms with van der Waals surface area (Å²) < 4.78 is 4.55. The number of hydrogen-bond donors (Lipinski definition) is 0. The van der Waals surface area contributed by atoms with E-state index in [4.69, 9.17) is 11.6 Å². The molecule has 0 unspecified atom stereocenters. The summed E-state index contributed by atoms with van der Waals surface area (Å²) in [5.41, 5.74) is 0.811. The fraction of sp³-hybridized carbons (Fsp3) is 0.300. The Morgan fingerprint density at radius 2 is 2.07 bits per heavy atom. The Morgan fingerprint density at radius 3 is 2.53 bits per heavy atom. The number of ketones is 1. The van der Waals surface area contributed by atoms with Gasteiger partial charge >= 0.3 is 5.97 Å². The highest BCUT2D eigenvalue weighted by atomic mass is 35.5. The molecule has 0 bridgehead atoms. The molecule has 0 fully saturated rings. The van der Waals surface area contributed by atoms with Crippen molar-refractivity contribution >= 4 is 23.4 Å². The van der Waals surface area contributed by atoms with Crippen LogP contribution in [0.25, 0.3) is 0 Å². The molecule has 1 aromatic rings. The van der Waals surface area contributed by atoms with Gasteiger partial charge in [0.15, 0.2) is 5.78 Å². The molecule has 0 aliphatic carbocycles. The van der Waals surface area contributed by atoms with Crippen molar-refractivity contribution in [3.05, 3.63) is 28.0 Å². The topological polar surface area (TPSA) is 56.3 Å². The van der Waals surface area contributed by atoms with Gasteiger partial charge in [0.25, 0.3) is 0 Å². The van der Waals surface area contributed by atoms with Gasteiger partial charge in [0.2, 0.25) is 0 Å². The molecule has 0 N–H and O–H groups in total. The van der Waals surface area contributed by atoms with Crippen molar-refractivity contribution in [1.29, 1.82) is 0 Å². The Hall–Kier alpha value is -1.42. The number of nitrogens with zero attached hydrogens (tertiary/aromatic N) is 1. The first-order valence-corrected chi connectivity index (χ1v) is 4.61. The molecule has 1 aromatic heterocycles. The number of halogens is 1. The Balaban J connectivity index is 3.41. The predicted molar refractivity (Wildman–Crippen MR) is 55.3 cm³/mol. The van der Waals surface area contributed by atoms with Gasteiger partial charge in [-0.25, -0.2) is 9.78 Å². The smallest absolute Gasteiger partial charge is 0.340 e. The van der Waals surface area contributed by atoms with Crippen LogP contribution in [-0.2, 0) is 4.74 Å². The molecule has 1 rings (SSSR count). The molecule has 0 radical (unpaired) electrons. The number of carbonyl (C=O) groups excluding carboxylic acids is 2. The van der Waals surface area contributed by atoms with Gasteiger partial charge < -0.3 is 4.74 Å². The van der Waals surface area contributed by atoms with Crippen LogP contribution in [0.1, 0.15) is 33.3 Å². The van der Waals surface area contributed by atoms with Crippen LogP contribution in [0, 0.1) is 6.92 Å². The van der Waals surface area contributed by atoms with Crippen LogP contribution in [0.5, 0.6) is 0 Å². The van der Waals surface area contributed by atoms with E-state index < -0.39 is 5.97 Å². The number of aromatic nitrogens is 1. The number of rotatable bonds is 2. The lowest BCUT2D eigenvalue weighted by Crippen LogP contribution is -2.11. The Bertz CT molecular complexity index is 429. The highest BCUT2D eigenvalue weighted by Gasteiger charge is 2.18. The third-order valence-electron chi connectivity index (χ3n) is 1.89. The van der Waals surface area contributed by atoms with Gasteiger partial charge in [0, 0.05) is 6.92 Å². The van der Waals surface area contributed by atoms with Crippen molar-refractivity contribution in [2.24, 2.45) is 0 Å². The zero-order valence-corrected chi connectivity index (χ0v) is 9.38. The van der Waals surface area contributed by atoms with Crippen molar-refractivity contribution < 1.29 is 14.3 Å². The minimum atomic E-state index is -0.590. The number of methoxy groups -OCH3 is 1. The second-order valence-corrected chi connectivity index (χ2v) is 3.40. The summed E-state index contributed by atoms with van der Waals surface area (Å²) in [6.07, 6.45) is 0. The molecular formula is C10H10ClNO3. The van der Waals surface area contributed by atoms with E-state index in [1.54, 1.807) is 6.92 Å². The van der Waals surface area contributed by atoms with Crippen molar-refractivity contribution in [1.82, 2.24) is 4.98 Å². The monoisotopic (exact) mass is 227 g/mol. The molecule has 0 amide bonds. The largest absolute Gasteiger partial charge is 0.465 e. The van der Waals surface area contributed by atoms with Gasteiger partial charge in [-0.3, -0.25) is 4.79 Å². The van der Waals surface area contributed by atoms with Crippen LogP contribution in [0.4, 0.5) is 0 Å².